The zero-order valence-corrected chi connectivity index (χ0v) is 13.8. The molecule has 25 heavy (non-hydrogen) atoms. The van der Waals surface area contributed by atoms with Gasteiger partial charge in [0.2, 0.25) is 5.88 Å². The average molecular weight is 333 g/mol. The van der Waals surface area contributed by atoms with Crippen LogP contribution in [-0.2, 0) is 7.05 Å². The van der Waals surface area contributed by atoms with E-state index in [-0.39, 0.29) is 5.56 Å². The van der Waals surface area contributed by atoms with Gasteiger partial charge in [-0.15, -0.1) is 0 Å². The van der Waals surface area contributed by atoms with Crippen molar-refractivity contribution in [3.8, 4) is 28.5 Å². The van der Waals surface area contributed by atoms with Gasteiger partial charge in [0.1, 0.15) is 11.1 Å². The first-order chi connectivity index (χ1) is 12.2. The summed E-state index contributed by atoms with van der Waals surface area (Å²) >= 11 is 0. The highest BCUT2D eigenvalue weighted by molar-refractivity contribution is 5.92. The minimum atomic E-state index is -0.183. The maximum absolute atomic E-state index is 12.9. The van der Waals surface area contributed by atoms with Gasteiger partial charge in [0.25, 0.3) is 5.56 Å². The van der Waals surface area contributed by atoms with Crippen molar-refractivity contribution in [2.45, 2.75) is 0 Å². The van der Waals surface area contributed by atoms with Crippen LogP contribution in [0.1, 0.15) is 0 Å². The molecule has 3 aromatic heterocycles. The Morgan fingerprint density at radius 2 is 1.88 bits per heavy atom. The van der Waals surface area contributed by atoms with Gasteiger partial charge in [-0.3, -0.25) is 4.79 Å². The summed E-state index contributed by atoms with van der Waals surface area (Å²) in [6.07, 6.45) is 0. The second kappa shape index (κ2) is 5.90. The molecule has 6 heteroatoms. The Labute approximate surface area is 143 Å². The third-order valence-electron chi connectivity index (χ3n) is 4.11. The number of nitrogens with zero attached hydrogens (tertiary/aromatic N) is 3. The second-order valence-corrected chi connectivity index (χ2v) is 5.60. The Hall–Kier alpha value is -3.41. The topological polar surface area (TPSA) is 70.2 Å². The van der Waals surface area contributed by atoms with Crippen LogP contribution in [0.25, 0.3) is 33.6 Å². The summed E-state index contributed by atoms with van der Waals surface area (Å²) in [6.45, 7) is 0. The molecule has 4 aromatic rings. The van der Waals surface area contributed by atoms with Crippen LogP contribution in [0.15, 0.2) is 63.9 Å². The number of pyridine rings is 2. The summed E-state index contributed by atoms with van der Waals surface area (Å²) in [5.41, 5.74) is 2.89. The van der Waals surface area contributed by atoms with Crippen molar-refractivity contribution in [1.29, 1.82) is 0 Å². The number of methoxy groups -OCH3 is 1. The minimum absolute atomic E-state index is 0.183. The van der Waals surface area contributed by atoms with Crippen LogP contribution in [0.2, 0.25) is 0 Å². The molecule has 0 fully saturated rings. The quantitative estimate of drug-likeness (QED) is 0.575. The molecule has 0 amide bonds. The van der Waals surface area contributed by atoms with E-state index in [1.807, 2.05) is 42.5 Å². The average Bonchev–Trinajstić information content (AvgIpc) is 3.09. The van der Waals surface area contributed by atoms with E-state index in [2.05, 4.69) is 10.1 Å². The number of aromatic nitrogens is 3. The Balaban J connectivity index is 1.96. The highest BCUT2D eigenvalue weighted by Crippen LogP contribution is 2.28. The van der Waals surface area contributed by atoms with Gasteiger partial charge in [0.05, 0.1) is 18.5 Å². The summed E-state index contributed by atoms with van der Waals surface area (Å²) in [5, 5.41) is 4.56. The van der Waals surface area contributed by atoms with Gasteiger partial charge in [-0.05, 0) is 6.07 Å². The zero-order valence-electron chi connectivity index (χ0n) is 13.8. The molecule has 0 aliphatic heterocycles. The first kappa shape index (κ1) is 15.1. The number of benzene rings is 1. The molecule has 0 saturated heterocycles. The SMILES string of the molecule is COc1cccc(-c2cc3onc(-c4ccccc4)c3c(=O)n2C)n1. The molecular weight excluding hydrogens is 318 g/mol. The summed E-state index contributed by atoms with van der Waals surface area (Å²) in [4.78, 5) is 17.3. The largest absolute Gasteiger partial charge is 0.481 e. The monoisotopic (exact) mass is 333 g/mol. The predicted octanol–water partition coefficient (Wildman–Crippen LogP) is 3.26. The van der Waals surface area contributed by atoms with Crippen LogP contribution in [0.5, 0.6) is 5.88 Å². The normalized spacial score (nSPS) is 11.0. The third kappa shape index (κ3) is 2.48. The zero-order chi connectivity index (χ0) is 17.4. The molecule has 0 atom stereocenters. The molecule has 0 N–H and O–H groups in total. The predicted molar refractivity (Wildman–Crippen MR) is 94.5 cm³/mol. The number of hydrogen-bond acceptors (Lipinski definition) is 5. The smallest absolute Gasteiger partial charge is 0.264 e. The Morgan fingerprint density at radius 1 is 1.08 bits per heavy atom. The Morgan fingerprint density at radius 3 is 2.64 bits per heavy atom. The van der Waals surface area contributed by atoms with Crippen LogP contribution in [0.4, 0.5) is 0 Å². The second-order valence-electron chi connectivity index (χ2n) is 5.60. The fraction of sp³-hybridized carbons (Fsp3) is 0.105. The van der Waals surface area contributed by atoms with Crippen molar-refractivity contribution < 1.29 is 9.26 Å². The van der Waals surface area contributed by atoms with E-state index in [1.54, 1.807) is 30.9 Å². The number of rotatable bonds is 3. The highest BCUT2D eigenvalue weighted by Gasteiger charge is 2.18. The molecule has 0 bridgehead atoms. The van der Waals surface area contributed by atoms with Crippen molar-refractivity contribution in [2.75, 3.05) is 7.11 Å². The fourth-order valence-corrected chi connectivity index (χ4v) is 2.82. The maximum Gasteiger partial charge on any atom is 0.264 e. The van der Waals surface area contributed by atoms with Crippen LogP contribution in [0, 0.1) is 0 Å². The van der Waals surface area contributed by atoms with Gasteiger partial charge in [0, 0.05) is 24.7 Å². The molecule has 3 heterocycles. The summed E-state index contributed by atoms with van der Waals surface area (Å²) in [6, 6.07) is 16.7. The van der Waals surface area contributed by atoms with Gasteiger partial charge in [-0.1, -0.05) is 41.6 Å². The Kier molecular flexibility index (Phi) is 3.57. The first-order valence-electron chi connectivity index (χ1n) is 7.75. The molecule has 0 aliphatic carbocycles. The number of hydrogen-bond donors (Lipinski definition) is 0. The molecule has 6 nitrogen and oxygen atoms in total. The van der Waals surface area contributed by atoms with Crippen molar-refractivity contribution in [3.63, 3.8) is 0 Å². The van der Waals surface area contributed by atoms with E-state index >= 15 is 0 Å². The molecule has 1 aromatic carbocycles. The Bertz CT molecular complexity index is 1110. The van der Waals surface area contributed by atoms with E-state index in [0.29, 0.717) is 33.9 Å². The van der Waals surface area contributed by atoms with E-state index in [9.17, 15) is 4.79 Å². The van der Waals surface area contributed by atoms with Gasteiger partial charge in [-0.2, -0.15) is 0 Å². The van der Waals surface area contributed by atoms with Crippen molar-refractivity contribution in [3.05, 3.63) is 65.0 Å². The number of ether oxygens (including phenoxy) is 1. The van der Waals surface area contributed by atoms with Gasteiger partial charge in [0.15, 0.2) is 5.58 Å². The molecule has 4 rings (SSSR count). The van der Waals surface area contributed by atoms with E-state index in [4.69, 9.17) is 9.26 Å². The molecular formula is C19H15N3O3. The van der Waals surface area contributed by atoms with E-state index in [0.717, 1.165) is 5.56 Å². The highest BCUT2D eigenvalue weighted by atomic mass is 16.5. The lowest BCUT2D eigenvalue weighted by Crippen LogP contribution is -2.18. The third-order valence-corrected chi connectivity index (χ3v) is 4.11. The summed E-state index contributed by atoms with van der Waals surface area (Å²) < 4.78 is 12.1. The van der Waals surface area contributed by atoms with Gasteiger partial charge < -0.3 is 13.8 Å². The lowest BCUT2D eigenvalue weighted by atomic mass is 10.1. The fourth-order valence-electron chi connectivity index (χ4n) is 2.82. The molecule has 0 unspecified atom stereocenters. The first-order valence-corrected chi connectivity index (χ1v) is 7.75. The van der Waals surface area contributed by atoms with Crippen molar-refractivity contribution in [2.24, 2.45) is 7.05 Å². The standard InChI is InChI=1S/C19H15N3O3/c1-22-14(13-9-6-10-16(20-13)24-2)11-15-17(19(22)23)18(21-25-15)12-7-4-3-5-8-12/h3-11H,1-2H3. The van der Waals surface area contributed by atoms with Crippen LogP contribution in [0.3, 0.4) is 0 Å². The summed E-state index contributed by atoms with van der Waals surface area (Å²) in [5.74, 6) is 0.479. The van der Waals surface area contributed by atoms with Crippen molar-refractivity contribution in [1.82, 2.24) is 14.7 Å². The van der Waals surface area contributed by atoms with Gasteiger partial charge in [-0.25, -0.2) is 4.98 Å². The summed E-state index contributed by atoms with van der Waals surface area (Å²) in [7, 11) is 3.26. The minimum Gasteiger partial charge on any atom is -0.481 e. The molecule has 0 radical (unpaired) electrons. The maximum atomic E-state index is 12.9. The van der Waals surface area contributed by atoms with Crippen LogP contribution < -0.4 is 10.3 Å². The molecule has 0 aliphatic rings. The van der Waals surface area contributed by atoms with E-state index in [1.165, 1.54) is 0 Å². The van der Waals surface area contributed by atoms with Crippen molar-refractivity contribution >= 4 is 11.0 Å². The van der Waals surface area contributed by atoms with Crippen LogP contribution >= 0.6 is 0 Å². The lowest BCUT2D eigenvalue weighted by molar-refractivity contribution is 0.398. The molecule has 0 saturated carbocycles. The molecule has 0 spiro atoms. The van der Waals surface area contributed by atoms with Crippen LogP contribution in [-0.4, -0.2) is 21.8 Å². The molecule has 124 valence electrons. The van der Waals surface area contributed by atoms with E-state index < -0.39 is 0 Å². The van der Waals surface area contributed by atoms with Gasteiger partial charge >= 0.3 is 0 Å². The number of fused-ring (bicyclic) bond motifs is 1. The lowest BCUT2D eigenvalue weighted by Gasteiger charge is -2.08.